The molecule has 0 radical (unpaired) electrons. The Morgan fingerprint density at radius 2 is 1.78 bits per heavy atom. The van der Waals surface area contributed by atoms with Crippen LogP contribution in [0.15, 0.2) is 0 Å². The van der Waals surface area contributed by atoms with Crippen LogP contribution in [0.4, 0.5) is 0 Å². The first-order chi connectivity index (χ1) is 8.65. The minimum Gasteiger partial charge on any atom is -0.309 e. The van der Waals surface area contributed by atoms with Gasteiger partial charge in [-0.15, -0.1) is 11.3 Å². The summed E-state index contributed by atoms with van der Waals surface area (Å²) in [4.78, 5) is 6.30. The first kappa shape index (κ1) is 15.6. The van der Waals surface area contributed by atoms with Crippen molar-refractivity contribution in [2.24, 2.45) is 0 Å². The number of aromatic nitrogens is 1. The second-order valence-corrected chi connectivity index (χ2v) is 6.09. The highest BCUT2D eigenvalue weighted by Gasteiger charge is 2.16. The van der Waals surface area contributed by atoms with Crippen molar-refractivity contribution >= 4 is 11.3 Å². The quantitative estimate of drug-likeness (QED) is 0.751. The Morgan fingerprint density at radius 3 is 2.28 bits per heavy atom. The second-order valence-electron chi connectivity index (χ2n) is 4.98. The van der Waals surface area contributed by atoms with E-state index in [2.05, 4.69) is 39.9 Å². The molecule has 1 N–H and O–H groups in total. The van der Waals surface area contributed by atoms with E-state index in [-0.39, 0.29) is 0 Å². The lowest BCUT2D eigenvalue weighted by molar-refractivity contribution is 0.535. The predicted octanol–water partition coefficient (Wildman–Crippen LogP) is 4.50. The number of rotatable bonds is 8. The minimum absolute atomic E-state index is 0.591. The van der Waals surface area contributed by atoms with Crippen molar-refractivity contribution in [2.45, 2.75) is 78.8 Å². The SMILES string of the molecule is CCc1nc(C(CC)CC)sc1CNC(C)CC. The van der Waals surface area contributed by atoms with E-state index in [4.69, 9.17) is 4.98 Å². The molecule has 3 heteroatoms. The average Bonchev–Trinajstić information content (AvgIpc) is 2.80. The fourth-order valence-electron chi connectivity index (χ4n) is 2.04. The van der Waals surface area contributed by atoms with Gasteiger partial charge in [-0.3, -0.25) is 0 Å². The molecule has 0 aromatic carbocycles. The maximum absolute atomic E-state index is 4.85. The maximum Gasteiger partial charge on any atom is 0.0962 e. The lowest BCUT2D eigenvalue weighted by Crippen LogP contribution is -2.24. The summed E-state index contributed by atoms with van der Waals surface area (Å²) in [6, 6.07) is 0.591. The van der Waals surface area contributed by atoms with Crippen LogP contribution in [0.5, 0.6) is 0 Å². The van der Waals surface area contributed by atoms with Gasteiger partial charge in [-0.25, -0.2) is 4.98 Å². The van der Waals surface area contributed by atoms with E-state index >= 15 is 0 Å². The van der Waals surface area contributed by atoms with Crippen LogP contribution in [0, 0.1) is 0 Å². The Kier molecular flexibility index (Phi) is 6.87. The number of thiazole rings is 1. The van der Waals surface area contributed by atoms with Gasteiger partial charge in [0.25, 0.3) is 0 Å². The summed E-state index contributed by atoms with van der Waals surface area (Å²) in [5.41, 5.74) is 1.30. The van der Waals surface area contributed by atoms with Gasteiger partial charge in [0, 0.05) is 23.4 Å². The fraction of sp³-hybridized carbons (Fsp3) is 0.800. The van der Waals surface area contributed by atoms with Crippen LogP contribution in [0.2, 0.25) is 0 Å². The molecule has 18 heavy (non-hydrogen) atoms. The zero-order valence-corrected chi connectivity index (χ0v) is 13.4. The summed E-state index contributed by atoms with van der Waals surface area (Å²) < 4.78 is 0. The van der Waals surface area contributed by atoms with Crippen molar-refractivity contribution in [3.05, 3.63) is 15.6 Å². The third-order valence-electron chi connectivity index (χ3n) is 3.69. The molecular formula is C15H28N2S. The summed E-state index contributed by atoms with van der Waals surface area (Å²) in [6.07, 6.45) is 4.63. The molecule has 0 aliphatic heterocycles. The Bertz CT molecular complexity index is 342. The first-order valence-electron chi connectivity index (χ1n) is 7.37. The molecule has 0 aliphatic rings. The number of hydrogen-bond acceptors (Lipinski definition) is 3. The van der Waals surface area contributed by atoms with Crippen molar-refractivity contribution in [1.82, 2.24) is 10.3 Å². The van der Waals surface area contributed by atoms with Crippen molar-refractivity contribution < 1.29 is 0 Å². The Balaban J connectivity index is 2.77. The fourth-order valence-corrected chi connectivity index (χ4v) is 3.41. The first-order valence-corrected chi connectivity index (χ1v) is 8.19. The van der Waals surface area contributed by atoms with E-state index in [0.717, 1.165) is 13.0 Å². The van der Waals surface area contributed by atoms with Crippen LogP contribution in [-0.4, -0.2) is 11.0 Å². The molecule has 2 nitrogen and oxygen atoms in total. The molecule has 0 aliphatic carbocycles. The zero-order valence-electron chi connectivity index (χ0n) is 12.5. The van der Waals surface area contributed by atoms with E-state index in [1.165, 1.54) is 34.8 Å². The minimum atomic E-state index is 0.591. The third-order valence-corrected chi connectivity index (χ3v) is 4.95. The Hall–Kier alpha value is -0.410. The van der Waals surface area contributed by atoms with E-state index in [1.54, 1.807) is 0 Å². The topological polar surface area (TPSA) is 24.9 Å². The summed E-state index contributed by atoms with van der Waals surface area (Å²) in [5, 5.41) is 4.93. The molecule has 1 heterocycles. The molecule has 1 aromatic rings. The van der Waals surface area contributed by atoms with Gasteiger partial charge >= 0.3 is 0 Å². The van der Waals surface area contributed by atoms with Gasteiger partial charge in [0.2, 0.25) is 0 Å². The third kappa shape index (κ3) is 4.06. The Labute approximate surface area is 116 Å². The molecular weight excluding hydrogens is 240 g/mol. The number of nitrogens with one attached hydrogen (secondary N) is 1. The van der Waals surface area contributed by atoms with Gasteiger partial charge in [-0.2, -0.15) is 0 Å². The highest BCUT2D eigenvalue weighted by atomic mass is 32.1. The predicted molar refractivity (Wildman–Crippen MR) is 81.4 cm³/mol. The Morgan fingerprint density at radius 1 is 1.11 bits per heavy atom. The molecule has 0 fully saturated rings. The highest BCUT2D eigenvalue weighted by molar-refractivity contribution is 7.11. The van der Waals surface area contributed by atoms with Crippen LogP contribution in [0.25, 0.3) is 0 Å². The van der Waals surface area contributed by atoms with Crippen LogP contribution in [0.3, 0.4) is 0 Å². The van der Waals surface area contributed by atoms with Crippen LogP contribution >= 0.6 is 11.3 Å². The van der Waals surface area contributed by atoms with E-state index in [1.807, 2.05) is 11.3 Å². The van der Waals surface area contributed by atoms with Crippen LogP contribution < -0.4 is 5.32 Å². The maximum atomic E-state index is 4.85. The molecule has 1 atom stereocenters. The molecule has 1 aromatic heterocycles. The number of hydrogen-bond donors (Lipinski definition) is 1. The molecule has 1 rings (SSSR count). The average molecular weight is 268 g/mol. The standard InChI is InChI=1S/C15H28N2S/c1-6-11(5)16-10-14-13(9-4)17-15(18-14)12(7-2)8-3/h11-12,16H,6-10H2,1-5H3. The molecule has 0 saturated heterocycles. The highest BCUT2D eigenvalue weighted by Crippen LogP contribution is 2.30. The van der Waals surface area contributed by atoms with Gasteiger partial charge in [0.1, 0.15) is 0 Å². The summed E-state index contributed by atoms with van der Waals surface area (Å²) in [6.45, 7) is 12.2. The van der Waals surface area contributed by atoms with Gasteiger partial charge in [-0.1, -0.05) is 27.7 Å². The molecule has 0 amide bonds. The second kappa shape index (κ2) is 7.90. The normalized spacial score (nSPS) is 13.2. The van der Waals surface area contributed by atoms with Crippen LogP contribution in [0.1, 0.15) is 75.4 Å². The molecule has 1 unspecified atom stereocenters. The lowest BCUT2D eigenvalue weighted by Gasteiger charge is -2.10. The summed E-state index contributed by atoms with van der Waals surface area (Å²) in [5.74, 6) is 0.651. The molecule has 0 bridgehead atoms. The van der Waals surface area contributed by atoms with Crippen molar-refractivity contribution in [2.75, 3.05) is 0 Å². The lowest BCUT2D eigenvalue weighted by atomic mass is 10.1. The van der Waals surface area contributed by atoms with Gasteiger partial charge in [0.05, 0.1) is 10.7 Å². The molecule has 0 saturated carbocycles. The van der Waals surface area contributed by atoms with Gasteiger partial charge in [0.15, 0.2) is 0 Å². The van der Waals surface area contributed by atoms with E-state index in [0.29, 0.717) is 12.0 Å². The zero-order chi connectivity index (χ0) is 13.5. The monoisotopic (exact) mass is 268 g/mol. The van der Waals surface area contributed by atoms with E-state index < -0.39 is 0 Å². The number of nitrogens with zero attached hydrogens (tertiary/aromatic N) is 1. The largest absolute Gasteiger partial charge is 0.309 e. The van der Waals surface area contributed by atoms with Crippen molar-refractivity contribution in [3.8, 4) is 0 Å². The van der Waals surface area contributed by atoms with Crippen molar-refractivity contribution in [1.29, 1.82) is 0 Å². The molecule has 0 spiro atoms. The van der Waals surface area contributed by atoms with E-state index in [9.17, 15) is 0 Å². The summed E-state index contributed by atoms with van der Waals surface area (Å²) >= 11 is 1.92. The smallest absolute Gasteiger partial charge is 0.0962 e. The number of aryl methyl sites for hydroxylation is 1. The molecule has 104 valence electrons. The van der Waals surface area contributed by atoms with Crippen molar-refractivity contribution in [3.63, 3.8) is 0 Å². The van der Waals surface area contributed by atoms with Gasteiger partial charge in [-0.05, 0) is 32.6 Å². The summed E-state index contributed by atoms with van der Waals surface area (Å²) in [7, 11) is 0. The van der Waals surface area contributed by atoms with Gasteiger partial charge < -0.3 is 5.32 Å². The van der Waals surface area contributed by atoms with Crippen LogP contribution in [-0.2, 0) is 13.0 Å².